The van der Waals surface area contributed by atoms with Crippen molar-refractivity contribution in [2.75, 3.05) is 18.1 Å². The number of ether oxygens (including phenoxy) is 1. The lowest BCUT2D eigenvalue weighted by molar-refractivity contribution is -0.139. The lowest BCUT2D eigenvalue weighted by atomic mass is 10.1. The van der Waals surface area contributed by atoms with E-state index in [0.29, 0.717) is 22.2 Å². The van der Waals surface area contributed by atoms with Gasteiger partial charge in [-0.2, -0.15) is 0 Å². The first-order chi connectivity index (χ1) is 8.54. The van der Waals surface area contributed by atoms with E-state index in [1.54, 1.807) is 19.1 Å². The molecule has 0 amide bonds. The average molecular weight is 307 g/mol. The van der Waals surface area contributed by atoms with Crippen molar-refractivity contribution in [3.63, 3.8) is 0 Å². The number of hydrogen-bond donors (Lipinski definition) is 0. The Labute approximate surface area is 120 Å². The van der Waals surface area contributed by atoms with E-state index in [-0.39, 0.29) is 23.3 Å². The first kappa shape index (κ1) is 15.3. The lowest BCUT2D eigenvalue weighted by Gasteiger charge is -2.04. The molecule has 0 heterocycles. The van der Waals surface area contributed by atoms with Gasteiger partial charge >= 0.3 is 5.97 Å². The Morgan fingerprint density at radius 3 is 2.61 bits per heavy atom. The van der Waals surface area contributed by atoms with Crippen LogP contribution < -0.4 is 0 Å². The van der Waals surface area contributed by atoms with Gasteiger partial charge in [-0.15, -0.1) is 11.8 Å². The molecule has 1 aromatic carbocycles. The minimum absolute atomic E-state index is 0.133. The summed E-state index contributed by atoms with van der Waals surface area (Å²) in [5.41, 5.74) is 0.414. The predicted molar refractivity (Wildman–Crippen MR) is 74.8 cm³/mol. The molecule has 0 aliphatic carbocycles. The monoisotopic (exact) mass is 306 g/mol. The summed E-state index contributed by atoms with van der Waals surface area (Å²) in [6, 6.07) is 4.71. The van der Waals surface area contributed by atoms with Gasteiger partial charge in [0.05, 0.1) is 23.1 Å². The number of carbonyl (C=O) groups excluding carboxylic acids is 2. The van der Waals surface area contributed by atoms with Gasteiger partial charge in [0.1, 0.15) is 0 Å². The zero-order valence-electron chi connectivity index (χ0n) is 9.74. The zero-order valence-corrected chi connectivity index (χ0v) is 12.1. The van der Waals surface area contributed by atoms with E-state index in [1.165, 1.54) is 17.8 Å². The molecule has 0 bridgehead atoms. The number of hydrogen-bond acceptors (Lipinski definition) is 4. The van der Waals surface area contributed by atoms with E-state index in [4.69, 9.17) is 27.9 Å². The first-order valence-electron chi connectivity index (χ1n) is 5.26. The van der Waals surface area contributed by atoms with Crippen LogP contribution in [0, 0.1) is 0 Å². The van der Waals surface area contributed by atoms with Crippen LogP contribution in [0.15, 0.2) is 18.2 Å². The summed E-state index contributed by atoms with van der Waals surface area (Å²) in [5.74, 6) is -0.117. The van der Waals surface area contributed by atoms with Crippen LogP contribution in [0.4, 0.5) is 0 Å². The molecule has 98 valence electrons. The van der Waals surface area contributed by atoms with Crippen molar-refractivity contribution >= 4 is 46.7 Å². The summed E-state index contributed by atoms with van der Waals surface area (Å²) >= 11 is 12.9. The quantitative estimate of drug-likeness (QED) is 0.596. The number of ketones is 1. The highest BCUT2D eigenvalue weighted by Crippen LogP contribution is 2.22. The second kappa shape index (κ2) is 7.67. The van der Waals surface area contributed by atoms with Crippen LogP contribution in [-0.4, -0.2) is 29.9 Å². The highest BCUT2D eigenvalue weighted by atomic mass is 35.5. The highest BCUT2D eigenvalue weighted by Gasteiger charge is 2.12. The Bertz CT molecular complexity index is 449. The predicted octanol–water partition coefficient (Wildman–Crippen LogP) is 3.47. The average Bonchev–Trinajstić information content (AvgIpc) is 2.29. The van der Waals surface area contributed by atoms with Gasteiger partial charge in [0.15, 0.2) is 5.78 Å². The van der Waals surface area contributed by atoms with Crippen LogP contribution in [0.1, 0.15) is 17.3 Å². The molecule has 3 nitrogen and oxygen atoms in total. The fraction of sp³-hybridized carbons (Fsp3) is 0.333. The third-order valence-electron chi connectivity index (χ3n) is 1.99. The largest absolute Gasteiger partial charge is 0.465 e. The van der Waals surface area contributed by atoms with E-state index < -0.39 is 0 Å². The Hall–Kier alpha value is -0.710. The number of carbonyl (C=O) groups is 2. The fourth-order valence-corrected chi connectivity index (χ4v) is 2.43. The molecule has 0 aromatic heterocycles. The number of Topliss-reactive ketones (excluding diaryl/α,β-unsaturated/α-hetero) is 1. The van der Waals surface area contributed by atoms with Crippen LogP contribution in [0.25, 0.3) is 0 Å². The summed E-state index contributed by atoms with van der Waals surface area (Å²) in [5, 5.41) is 0.806. The standard InChI is InChI=1S/C12H12Cl2O3S/c1-2-17-12(16)7-18-6-11(15)9-4-3-8(13)5-10(9)14/h3-5H,2,6-7H2,1H3. The van der Waals surface area contributed by atoms with Gasteiger partial charge in [-0.1, -0.05) is 23.2 Å². The SMILES string of the molecule is CCOC(=O)CSCC(=O)c1ccc(Cl)cc1Cl. The van der Waals surface area contributed by atoms with Crippen molar-refractivity contribution < 1.29 is 14.3 Å². The lowest BCUT2D eigenvalue weighted by Crippen LogP contribution is -2.10. The van der Waals surface area contributed by atoms with Gasteiger partial charge < -0.3 is 4.74 Å². The second-order valence-electron chi connectivity index (χ2n) is 3.35. The van der Waals surface area contributed by atoms with E-state index in [0.717, 1.165) is 0 Å². The molecule has 0 unspecified atom stereocenters. The maximum Gasteiger partial charge on any atom is 0.315 e. The Morgan fingerprint density at radius 1 is 1.28 bits per heavy atom. The molecule has 18 heavy (non-hydrogen) atoms. The topological polar surface area (TPSA) is 43.4 Å². The van der Waals surface area contributed by atoms with E-state index in [9.17, 15) is 9.59 Å². The molecule has 0 fully saturated rings. The molecule has 0 radical (unpaired) electrons. The molecule has 0 saturated heterocycles. The molecule has 1 aromatic rings. The van der Waals surface area contributed by atoms with Crippen molar-refractivity contribution in [1.29, 1.82) is 0 Å². The van der Waals surface area contributed by atoms with E-state index in [2.05, 4.69) is 0 Å². The zero-order chi connectivity index (χ0) is 13.5. The third-order valence-corrected chi connectivity index (χ3v) is 3.44. The Balaban J connectivity index is 2.48. The van der Waals surface area contributed by atoms with Crippen molar-refractivity contribution in [2.24, 2.45) is 0 Å². The first-order valence-corrected chi connectivity index (χ1v) is 7.17. The molecule has 0 atom stereocenters. The summed E-state index contributed by atoms with van der Waals surface area (Å²) < 4.78 is 4.75. The normalized spacial score (nSPS) is 10.2. The van der Waals surface area contributed by atoms with Crippen LogP contribution in [0.5, 0.6) is 0 Å². The molecular weight excluding hydrogens is 295 g/mol. The van der Waals surface area contributed by atoms with Gasteiger partial charge in [0.2, 0.25) is 0 Å². The molecule has 0 aliphatic rings. The van der Waals surface area contributed by atoms with Gasteiger partial charge in [-0.05, 0) is 25.1 Å². The van der Waals surface area contributed by atoms with Gasteiger partial charge in [0, 0.05) is 10.6 Å². The fourth-order valence-electron chi connectivity index (χ4n) is 1.22. The summed E-state index contributed by atoms with van der Waals surface area (Å²) in [4.78, 5) is 22.9. The summed E-state index contributed by atoms with van der Waals surface area (Å²) in [7, 11) is 0. The molecule has 0 saturated carbocycles. The highest BCUT2D eigenvalue weighted by molar-refractivity contribution is 8.00. The molecule has 6 heteroatoms. The summed E-state index contributed by atoms with van der Waals surface area (Å²) in [6.45, 7) is 2.08. The van der Waals surface area contributed by atoms with Gasteiger partial charge in [0.25, 0.3) is 0 Å². The number of rotatable bonds is 6. The van der Waals surface area contributed by atoms with Crippen LogP contribution in [0.3, 0.4) is 0 Å². The van der Waals surface area contributed by atoms with Crippen molar-refractivity contribution in [3.05, 3.63) is 33.8 Å². The van der Waals surface area contributed by atoms with Crippen molar-refractivity contribution in [3.8, 4) is 0 Å². The maximum absolute atomic E-state index is 11.8. The minimum atomic E-state index is -0.322. The molecular formula is C12H12Cl2O3S. The minimum Gasteiger partial charge on any atom is -0.465 e. The maximum atomic E-state index is 11.8. The van der Waals surface area contributed by atoms with E-state index in [1.807, 2.05) is 0 Å². The van der Waals surface area contributed by atoms with Crippen LogP contribution in [0.2, 0.25) is 10.0 Å². The van der Waals surface area contributed by atoms with Gasteiger partial charge in [-0.3, -0.25) is 9.59 Å². The smallest absolute Gasteiger partial charge is 0.315 e. The number of thioether (sulfide) groups is 1. The third kappa shape index (κ3) is 4.88. The number of benzene rings is 1. The molecule has 1 rings (SSSR count). The van der Waals surface area contributed by atoms with Crippen molar-refractivity contribution in [2.45, 2.75) is 6.92 Å². The number of esters is 1. The second-order valence-corrected chi connectivity index (χ2v) is 5.17. The van der Waals surface area contributed by atoms with Gasteiger partial charge in [-0.25, -0.2) is 0 Å². The summed E-state index contributed by atoms with van der Waals surface area (Å²) in [6.07, 6.45) is 0. The molecule has 0 N–H and O–H groups in total. The van der Waals surface area contributed by atoms with Crippen LogP contribution >= 0.6 is 35.0 Å². The van der Waals surface area contributed by atoms with E-state index >= 15 is 0 Å². The molecule has 0 aliphatic heterocycles. The van der Waals surface area contributed by atoms with Crippen LogP contribution in [-0.2, 0) is 9.53 Å². The van der Waals surface area contributed by atoms with Crippen molar-refractivity contribution in [1.82, 2.24) is 0 Å². The number of halogens is 2. The Morgan fingerprint density at radius 2 is 2.00 bits per heavy atom. The molecule has 0 spiro atoms. The Kier molecular flexibility index (Phi) is 6.54.